The maximum absolute atomic E-state index is 12.7. The minimum absolute atomic E-state index is 0.152. The van der Waals surface area contributed by atoms with Crippen LogP contribution in [0.3, 0.4) is 0 Å². The predicted molar refractivity (Wildman–Crippen MR) is 65.5 cm³/mol. The number of rotatable bonds is 4. The second-order valence-corrected chi connectivity index (χ2v) is 3.76. The third-order valence-electron chi connectivity index (χ3n) is 2.40. The highest BCUT2D eigenvalue weighted by Crippen LogP contribution is 2.05. The largest absolute Gasteiger partial charge is 0.477 e. The molecule has 0 bridgehead atoms. The van der Waals surface area contributed by atoms with Gasteiger partial charge in [0.1, 0.15) is 11.4 Å². The van der Waals surface area contributed by atoms with Gasteiger partial charge in [-0.05, 0) is 17.7 Å². The van der Waals surface area contributed by atoms with Crippen LogP contribution < -0.4 is 10.9 Å². The number of halogens is 1. The van der Waals surface area contributed by atoms with E-state index >= 15 is 0 Å². The van der Waals surface area contributed by atoms with Gasteiger partial charge in [-0.2, -0.15) is 0 Å². The SMILES string of the molecule is O=C(O)c1cnc(NCc2ccc(F)cc2)[nH]c1=O. The second kappa shape index (κ2) is 5.30. The van der Waals surface area contributed by atoms with Crippen molar-refractivity contribution in [1.82, 2.24) is 9.97 Å². The fourth-order valence-electron chi connectivity index (χ4n) is 1.43. The number of aromatic nitrogens is 2. The average Bonchev–Trinajstić information content (AvgIpc) is 2.37. The van der Waals surface area contributed by atoms with E-state index < -0.39 is 17.1 Å². The lowest BCUT2D eigenvalue weighted by atomic mass is 10.2. The third-order valence-corrected chi connectivity index (χ3v) is 2.40. The molecule has 6 nitrogen and oxygen atoms in total. The molecule has 0 aliphatic heterocycles. The van der Waals surface area contributed by atoms with Gasteiger partial charge in [-0.1, -0.05) is 12.1 Å². The summed E-state index contributed by atoms with van der Waals surface area (Å²) in [6, 6.07) is 5.82. The number of nitrogens with one attached hydrogen (secondary N) is 2. The van der Waals surface area contributed by atoms with Gasteiger partial charge >= 0.3 is 5.97 Å². The molecule has 19 heavy (non-hydrogen) atoms. The van der Waals surface area contributed by atoms with E-state index in [-0.39, 0.29) is 11.8 Å². The summed E-state index contributed by atoms with van der Waals surface area (Å²) in [4.78, 5) is 28.1. The number of carboxylic acid groups (broad SMARTS) is 1. The summed E-state index contributed by atoms with van der Waals surface area (Å²) in [6.45, 7) is 0.329. The number of hydrogen-bond donors (Lipinski definition) is 3. The van der Waals surface area contributed by atoms with Gasteiger partial charge < -0.3 is 10.4 Å². The maximum Gasteiger partial charge on any atom is 0.342 e. The molecule has 0 atom stereocenters. The van der Waals surface area contributed by atoms with E-state index in [0.717, 1.165) is 11.8 Å². The smallest absolute Gasteiger partial charge is 0.342 e. The lowest BCUT2D eigenvalue weighted by Crippen LogP contribution is -2.20. The zero-order chi connectivity index (χ0) is 13.8. The van der Waals surface area contributed by atoms with Crippen molar-refractivity contribution in [1.29, 1.82) is 0 Å². The van der Waals surface area contributed by atoms with Crippen molar-refractivity contribution in [2.45, 2.75) is 6.54 Å². The van der Waals surface area contributed by atoms with E-state index in [1.807, 2.05) is 0 Å². The Labute approximate surface area is 106 Å². The molecule has 2 rings (SSSR count). The van der Waals surface area contributed by atoms with Gasteiger partial charge in [-0.15, -0.1) is 0 Å². The normalized spacial score (nSPS) is 10.2. The minimum atomic E-state index is -1.33. The van der Waals surface area contributed by atoms with Crippen LogP contribution in [0.2, 0.25) is 0 Å². The van der Waals surface area contributed by atoms with Crippen LogP contribution in [0.25, 0.3) is 0 Å². The van der Waals surface area contributed by atoms with Gasteiger partial charge in [-0.25, -0.2) is 14.2 Å². The highest BCUT2D eigenvalue weighted by molar-refractivity contribution is 5.86. The quantitative estimate of drug-likeness (QED) is 0.770. The van der Waals surface area contributed by atoms with Crippen LogP contribution >= 0.6 is 0 Å². The van der Waals surface area contributed by atoms with Crippen molar-refractivity contribution in [2.75, 3.05) is 5.32 Å². The van der Waals surface area contributed by atoms with Gasteiger partial charge in [0.15, 0.2) is 0 Å². The topological polar surface area (TPSA) is 95.1 Å². The highest BCUT2D eigenvalue weighted by Gasteiger charge is 2.09. The number of hydrogen-bond acceptors (Lipinski definition) is 4. The molecule has 0 saturated carbocycles. The summed E-state index contributed by atoms with van der Waals surface area (Å²) in [5.74, 6) is -1.51. The van der Waals surface area contributed by atoms with Gasteiger partial charge in [0.25, 0.3) is 5.56 Å². The van der Waals surface area contributed by atoms with E-state index in [4.69, 9.17) is 5.11 Å². The fourth-order valence-corrected chi connectivity index (χ4v) is 1.43. The van der Waals surface area contributed by atoms with Gasteiger partial charge in [-0.3, -0.25) is 9.78 Å². The highest BCUT2D eigenvalue weighted by atomic mass is 19.1. The number of carboxylic acids is 1. The monoisotopic (exact) mass is 263 g/mol. The number of anilines is 1. The van der Waals surface area contributed by atoms with Crippen molar-refractivity contribution >= 4 is 11.9 Å². The molecule has 1 aromatic carbocycles. The Morgan fingerprint density at radius 3 is 2.63 bits per heavy atom. The van der Waals surface area contributed by atoms with Crippen molar-refractivity contribution in [3.63, 3.8) is 0 Å². The second-order valence-electron chi connectivity index (χ2n) is 3.76. The molecule has 98 valence electrons. The Bertz CT molecular complexity index is 652. The molecule has 0 spiro atoms. The first-order chi connectivity index (χ1) is 9.06. The summed E-state index contributed by atoms with van der Waals surface area (Å²) in [7, 11) is 0. The van der Waals surface area contributed by atoms with E-state index in [0.29, 0.717) is 6.54 Å². The summed E-state index contributed by atoms with van der Waals surface area (Å²) < 4.78 is 12.7. The molecule has 3 N–H and O–H groups in total. The predicted octanol–water partition coefficient (Wildman–Crippen LogP) is 1.22. The molecule has 0 fully saturated rings. The van der Waals surface area contributed by atoms with Crippen molar-refractivity contribution in [3.05, 3.63) is 57.8 Å². The first-order valence-corrected chi connectivity index (χ1v) is 5.37. The van der Waals surface area contributed by atoms with Crippen LogP contribution in [0, 0.1) is 5.82 Å². The first-order valence-electron chi connectivity index (χ1n) is 5.37. The van der Waals surface area contributed by atoms with Crippen molar-refractivity contribution in [3.8, 4) is 0 Å². The molecular weight excluding hydrogens is 253 g/mol. The van der Waals surface area contributed by atoms with Crippen LogP contribution in [0.5, 0.6) is 0 Å². The first kappa shape index (κ1) is 12.7. The molecule has 0 aliphatic carbocycles. The average molecular weight is 263 g/mol. The molecule has 1 aromatic heterocycles. The molecule has 2 aromatic rings. The summed E-state index contributed by atoms with van der Waals surface area (Å²) in [6.07, 6.45) is 0.980. The van der Waals surface area contributed by atoms with E-state index in [9.17, 15) is 14.0 Å². The Balaban J connectivity index is 2.08. The molecule has 7 heteroatoms. The number of aromatic carboxylic acids is 1. The van der Waals surface area contributed by atoms with Crippen LogP contribution in [-0.2, 0) is 6.54 Å². The van der Waals surface area contributed by atoms with E-state index in [1.54, 1.807) is 12.1 Å². The Morgan fingerprint density at radius 1 is 1.37 bits per heavy atom. The van der Waals surface area contributed by atoms with Crippen LogP contribution in [0.15, 0.2) is 35.3 Å². The zero-order valence-corrected chi connectivity index (χ0v) is 9.68. The lowest BCUT2D eigenvalue weighted by Gasteiger charge is -2.05. The minimum Gasteiger partial charge on any atom is -0.477 e. The van der Waals surface area contributed by atoms with Gasteiger partial charge in [0, 0.05) is 6.54 Å². The molecule has 0 radical (unpaired) electrons. The fraction of sp³-hybridized carbons (Fsp3) is 0.0833. The molecule has 0 saturated heterocycles. The Morgan fingerprint density at radius 2 is 2.05 bits per heavy atom. The summed E-state index contributed by atoms with van der Waals surface area (Å²) >= 11 is 0. The van der Waals surface area contributed by atoms with Crippen molar-refractivity contribution < 1.29 is 14.3 Å². The number of aromatic amines is 1. The number of H-pyrrole nitrogens is 1. The standard InChI is InChI=1S/C12H10FN3O3/c13-8-3-1-7(2-4-8)5-14-12-15-6-9(11(18)19)10(17)16-12/h1-4,6H,5H2,(H,18,19)(H2,14,15,16,17). The van der Waals surface area contributed by atoms with Gasteiger partial charge in [0.2, 0.25) is 5.95 Å². The van der Waals surface area contributed by atoms with E-state index in [1.165, 1.54) is 12.1 Å². The van der Waals surface area contributed by atoms with Crippen LogP contribution in [-0.4, -0.2) is 21.0 Å². The Hall–Kier alpha value is -2.70. The number of carbonyl (C=O) groups is 1. The summed E-state index contributed by atoms with van der Waals surface area (Å²) in [5.41, 5.74) is -0.359. The maximum atomic E-state index is 12.7. The molecule has 1 heterocycles. The molecular formula is C12H10FN3O3. The zero-order valence-electron chi connectivity index (χ0n) is 9.68. The van der Waals surface area contributed by atoms with E-state index in [2.05, 4.69) is 15.3 Å². The van der Waals surface area contributed by atoms with Crippen LogP contribution in [0.1, 0.15) is 15.9 Å². The Kier molecular flexibility index (Phi) is 3.56. The molecule has 0 unspecified atom stereocenters. The van der Waals surface area contributed by atoms with Gasteiger partial charge in [0.05, 0.1) is 6.20 Å². The molecule has 0 amide bonds. The molecule has 0 aliphatic rings. The van der Waals surface area contributed by atoms with Crippen molar-refractivity contribution in [2.24, 2.45) is 0 Å². The number of nitrogens with zero attached hydrogens (tertiary/aromatic N) is 1. The third kappa shape index (κ3) is 3.15. The summed E-state index contributed by atoms with van der Waals surface area (Å²) in [5, 5.41) is 11.5. The lowest BCUT2D eigenvalue weighted by molar-refractivity contribution is 0.0694. The number of benzene rings is 1. The van der Waals surface area contributed by atoms with Crippen LogP contribution in [0.4, 0.5) is 10.3 Å².